The summed E-state index contributed by atoms with van der Waals surface area (Å²) in [6, 6.07) is 8.70. The van der Waals surface area contributed by atoms with E-state index < -0.39 is 0 Å². The fourth-order valence-electron chi connectivity index (χ4n) is 1.67. The quantitative estimate of drug-likeness (QED) is 0.829. The minimum absolute atomic E-state index is 0. The Kier molecular flexibility index (Phi) is 4.18. The maximum atomic E-state index is 3.31. The number of halogens is 1. The Hall–Kier alpha value is -0.990. The molecule has 0 atom stereocenters. The molecule has 0 fully saturated rings. The first-order valence-corrected chi connectivity index (χ1v) is 4.95. The van der Waals surface area contributed by atoms with Gasteiger partial charge in [-0.1, -0.05) is 18.2 Å². The summed E-state index contributed by atoms with van der Waals surface area (Å²) >= 11 is 0. The Morgan fingerprint density at radius 1 is 1.13 bits per heavy atom. The highest BCUT2D eigenvalue weighted by molar-refractivity contribution is 5.85. The van der Waals surface area contributed by atoms with Crippen LogP contribution in [0.15, 0.2) is 30.3 Å². The fourth-order valence-corrected chi connectivity index (χ4v) is 1.67. The molecule has 0 saturated carbocycles. The lowest BCUT2D eigenvalue weighted by Gasteiger charge is -2.12. The molecule has 1 heterocycles. The van der Waals surface area contributed by atoms with Crippen molar-refractivity contribution in [1.82, 2.24) is 5.32 Å². The molecule has 1 aromatic rings. The maximum absolute atomic E-state index is 3.31. The van der Waals surface area contributed by atoms with Crippen molar-refractivity contribution >= 4 is 23.7 Å². The summed E-state index contributed by atoms with van der Waals surface area (Å²) < 4.78 is 0. The first kappa shape index (κ1) is 12.1. The van der Waals surface area contributed by atoms with Crippen molar-refractivity contribution < 1.29 is 0 Å². The standard InChI is InChI=1S/C12H16N2.ClH/c1-14(2)12-5-3-10(4-6-12)11-7-8-13-9-11;/h3-7,13H,8-9H2,1-2H3;1H. The molecular formula is C12H17ClN2. The van der Waals surface area contributed by atoms with Crippen LogP contribution in [0.4, 0.5) is 5.69 Å². The molecule has 2 rings (SSSR count). The normalized spacial score (nSPS) is 14.4. The van der Waals surface area contributed by atoms with E-state index in [-0.39, 0.29) is 12.4 Å². The van der Waals surface area contributed by atoms with Gasteiger partial charge >= 0.3 is 0 Å². The summed E-state index contributed by atoms with van der Waals surface area (Å²) in [5.74, 6) is 0. The van der Waals surface area contributed by atoms with Gasteiger partial charge in [-0.3, -0.25) is 0 Å². The van der Waals surface area contributed by atoms with Crippen molar-refractivity contribution in [2.24, 2.45) is 0 Å². The number of anilines is 1. The van der Waals surface area contributed by atoms with Crippen LogP contribution < -0.4 is 10.2 Å². The monoisotopic (exact) mass is 224 g/mol. The van der Waals surface area contributed by atoms with Gasteiger partial charge in [-0.2, -0.15) is 0 Å². The van der Waals surface area contributed by atoms with Gasteiger partial charge in [-0.25, -0.2) is 0 Å². The van der Waals surface area contributed by atoms with E-state index in [9.17, 15) is 0 Å². The fraction of sp³-hybridized carbons (Fsp3) is 0.333. The molecule has 1 N–H and O–H groups in total. The van der Waals surface area contributed by atoms with Crippen molar-refractivity contribution in [2.75, 3.05) is 32.1 Å². The van der Waals surface area contributed by atoms with Crippen LogP contribution in [0.25, 0.3) is 5.57 Å². The van der Waals surface area contributed by atoms with Crippen molar-refractivity contribution in [3.63, 3.8) is 0 Å². The summed E-state index contributed by atoms with van der Waals surface area (Å²) in [5.41, 5.74) is 4.00. The Morgan fingerprint density at radius 3 is 2.27 bits per heavy atom. The van der Waals surface area contributed by atoms with Crippen LogP contribution in [-0.4, -0.2) is 27.2 Å². The van der Waals surface area contributed by atoms with E-state index in [1.165, 1.54) is 16.8 Å². The van der Waals surface area contributed by atoms with E-state index in [0.717, 1.165) is 13.1 Å². The molecule has 82 valence electrons. The minimum Gasteiger partial charge on any atom is -0.378 e. The Morgan fingerprint density at radius 2 is 1.80 bits per heavy atom. The van der Waals surface area contributed by atoms with Crippen LogP contribution in [0.3, 0.4) is 0 Å². The molecule has 0 bridgehead atoms. The Bertz CT molecular complexity index is 341. The van der Waals surface area contributed by atoms with Gasteiger partial charge in [-0.05, 0) is 23.3 Å². The smallest absolute Gasteiger partial charge is 0.0361 e. The van der Waals surface area contributed by atoms with Crippen LogP contribution in [0.1, 0.15) is 5.56 Å². The van der Waals surface area contributed by atoms with Crippen LogP contribution >= 0.6 is 12.4 Å². The molecule has 1 aromatic carbocycles. The van der Waals surface area contributed by atoms with Gasteiger partial charge in [0.05, 0.1) is 0 Å². The van der Waals surface area contributed by atoms with Gasteiger partial charge in [0.2, 0.25) is 0 Å². The predicted octanol–water partition coefficient (Wildman–Crippen LogP) is 2.16. The van der Waals surface area contributed by atoms with E-state index in [2.05, 4.69) is 54.7 Å². The van der Waals surface area contributed by atoms with Gasteiger partial charge < -0.3 is 10.2 Å². The number of rotatable bonds is 2. The third-order valence-electron chi connectivity index (χ3n) is 2.56. The predicted molar refractivity (Wildman–Crippen MR) is 68.9 cm³/mol. The summed E-state index contributed by atoms with van der Waals surface area (Å²) in [4.78, 5) is 2.12. The van der Waals surface area contributed by atoms with Gasteiger partial charge in [0, 0.05) is 32.9 Å². The van der Waals surface area contributed by atoms with Crippen molar-refractivity contribution in [1.29, 1.82) is 0 Å². The van der Waals surface area contributed by atoms with E-state index >= 15 is 0 Å². The van der Waals surface area contributed by atoms with E-state index in [4.69, 9.17) is 0 Å². The van der Waals surface area contributed by atoms with E-state index in [0.29, 0.717) is 0 Å². The Labute approximate surface area is 97.4 Å². The number of nitrogens with zero attached hydrogens (tertiary/aromatic N) is 1. The van der Waals surface area contributed by atoms with Crippen LogP contribution in [0.5, 0.6) is 0 Å². The Balaban J connectivity index is 0.00000112. The third-order valence-corrected chi connectivity index (χ3v) is 2.56. The first-order chi connectivity index (χ1) is 6.77. The lowest BCUT2D eigenvalue weighted by Crippen LogP contribution is -2.09. The topological polar surface area (TPSA) is 15.3 Å². The number of benzene rings is 1. The molecular weight excluding hydrogens is 208 g/mol. The lowest BCUT2D eigenvalue weighted by atomic mass is 10.1. The number of nitrogens with one attached hydrogen (secondary N) is 1. The van der Waals surface area contributed by atoms with Crippen LogP contribution in [-0.2, 0) is 0 Å². The van der Waals surface area contributed by atoms with E-state index in [1.54, 1.807) is 0 Å². The van der Waals surface area contributed by atoms with Gasteiger partial charge in [0.1, 0.15) is 0 Å². The zero-order valence-electron chi connectivity index (χ0n) is 9.16. The van der Waals surface area contributed by atoms with E-state index in [1.807, 2.05) is 0 Å². The lowest BCUT2D eigenvalue weighted by molar-refractivity contribution is 0.897. The SMILES string of the molecule is CN(C)c1ccc(C2=CCNC2)cc1.Cl. The first-order valence-electron chi connectivity index (χ1n) is 4.95. The zero-order chi connectivity index (χ0) is 9.97. The molecule has 0 amide bonds. The van der Waals surface area contributed by atoms with Crippen molar-refractivity contribution in [2.45, 2.75) is 0 Å². The average Bonchev–Trinajstić information content (AvgIpc) is 2.71. The number of hydrogen-bond donors (Lipinski definition) is 1. The van der Waals surface area contributed by atoms with Crippen LogP contribution in [0.2, 0.25) is 0 Å². The molecule has 15 heavy (non-hydrogen) atoms. The molecule has 0 saturated heterocycles. The highest BCUT2D eigenvalue weighted by atomic mass is 35.5. The number of hydrogen-bond acceptors (Lipinski definition) is 2. The average molecular weight is 225 g/mol. The second kappa shape index (κ2) is 5.19. The van der Waals surface area contributed by atoms with Gasteiger partial charge in [0.25, 0.3) is 0 Å². The second-order valence-corrected chi connectivity index (χ2v) is 3.80. The largest absolute Gasteiger partial charge is 0.378 e. The molecule has 1 aliphatic heterocycles. The maximum Gasteiger partial charge on any atom is 0.0361 e. The van der Waals surface area contributed by atoms with Crippen molar-refractivity contribution in [3.8, 4) is 0 Å². The minimum atomic E-state index is 0. The van der Waals surface area contributed by atoms with Gasteiger partial charge in [0.15, 0.2) is 0 Å². The van der Waals surface area contributed by atoms with Gasteiger partial charge in [-0.15, -0.1) is 12.4 Å². The zero-order valence-corrected chi connectivity index (χ0v) is 9.97. The highest BCUT2D eigenvalue weighted by Crippen LogP contribution is 2.19. The molecule has 0 aliphatic carbocycles. The summed E-state index contributed by atoms with van der Waals surface area (Å²) in [7, 11) is 4.12. The molecule has 2 nitrogen and oxygen atoms in total. The van der Waals surface area contributed by atoms with Crippen LogP contribution in [0, 0.1) is 0 Å². The molecule has 0 radical (unpaired) electrons. The molecule has 3 heteroatoms. The summed E-state index contributed by atoms with van der Waals surface area (Å²) in [5, 5.41) is 3.31. The third kappa shape index (κ3) is 2.74. The second-order valence-electron chi connectivity index (χ2n) is 3.80. The molecule has 0 spiro atoms. The molecule has 1 aliphatic rings. The van der Waals surface area contributed by atoms with Crippen molar-refractivity contribution in [3.05, 3.63) is 35.9 Å². The highest BCUT2D eigenvalue weighted by Gasteiger charge is 2.05. The summed E-state index contributed by atoms with van der Waals surface area (Å²) in [6.07, 6.45) is 2.25. The molecule has 0 aromatic heterocycles. The molecule has 0 unspecified atom stereocenters. The summed E-state index contributed by atoms with van der Waals surface area (Å²) in [6.45, 7) is 2.01.